The maximum absolute atomic E-state index is 10.0. The van der Waals surface area contributed by atoms with Crippen molar-refractivity contribution in [3.63, 3.8) is 0 Å². The Balaban J connectivity index is 2.05. The summed E-state index contributed by atoms with van der Waals surface area (Å²) in [5.74, 6) is 0.771. The van der Waals surface area contributed by atoms with Crippen LogP contribution in [0.5, 0.6) is 0 Å². The Labute approximate surface area is 113 Å². The molecule has 2 aliphatic rings. The van der Waals surface area contributed by atoms with E-state index in [2.05, 4.69) is 25.8 Å². The van der Waals surface area contributed by atoms with Gasteiger partial charge in [0, 0.05) is 12.6 Å². The van der Waals surface area contributed by atoms with Crippen molar-refractivity contribution in [2.45, 2.75) is 77.4 Å². The second-order valence-corrected chi connectivity index (χ2v) is 6.97. The van der Waals surface area contributed by atoms with Gasteiger partial charge in [0.2, 0.25) is 0 Å². The third-order valence-electron chi connectivity index (χ3n) is 5.61. The average Bonchev–Trinajstić information content (AvgIpc) is 2.81. The molecule has 0 aromatic rings. The van der Waals surface area contributed by atoms with Crippen LogP contribution < -0.4 is 0 Å². The summed E-state index contributed by atoms with van der Waals surface area (Å²) in [5, 5.41) is 10.0. The number of aliphatic hydroxyl groups excluding tert-OH is 1. The molecule has 0 aromatic heterocycles. The van der Waals surface area contributed by atoms with Gasteiger partial charge in [-0.25, -0.2) is 0 Å². The van der Waals surface area contributed by atoms with E-state index in [0.717, 1.165) is 18.8 Å². The maximum Gasteiger partial charge on any atom is 0.0555 e. The highest BCUT2D eigenvalue weighted by Crippen LogP contribution is 2.50. The van der Waals surface area contributed by atoms with Crippen molar-refractivity contribution in [2.24, 2.45) is 11.3 Å². The molecule has 1 N–H and O–H groups in total. The lowest BCUT2D eigenvalue weighted by Gasteiger charge is -2.48. The Bertz CT molecular complexity index is 260. The minimum atomic E-state index is -0.0550. The average molecular weight is 253 g/mol. The van der Waals surface area contributed by atoms with Gasteiger partial charge >= 0.3 is 0 Å². The first-order valence-electron chi connectivity index (χ1n) is 7.95. The molecule has 1 spiro atoms. The number of aliphatic hydroxyl groups is 1. The molecule has 0 saturated heterocycles. The lowest BCUT2D eigenvalue weighted by Crippen LogP contribution is -2.51. The van der Waals surface area contributed by atoms with Crippen LogP contribution in [0, 0.1) is 11.3 Å². The molecule has 0 aromatic carbocycles. The van der Waals surface area contributed by atoms with E-state index in [-0.39, 0.29) is 6.10 Å². The zero-order valence-electron chi connectivity index (χ0n) is 12.5. The van der Waals surface area contributed by atoms with Crippen LogP contribution in [0.4, 0.5) is 0 Å². The monoisotopic (exact) mass is 253 g/mol. The molecule has 2 rings (SSSR count). The zero-order chi connectivity index (χ0) is 13.2. The summed E-state index contributed by atoms with van der Waals surface area (Å²) in [6.45, 7) is 5.81. The van der Waals surface area contributed by atoms with Crippen molar-refractivity contribution < 1.29 is 5.11 Å². The normalized spacial score (nSPS) is 33.2. The Kier molecular flexibility index (Phi) is 4.71. The fourth-order valence-corrected chi connectivity index (χ4v) is 4.30. The van der Waals surface area contributed by atoms with Crippen LogP contribution in [0.3, 0.4) is 0 Å². The van der Waals surface area contributed by atoms with Crippen LogP contribution in [0.25, 0.3) is 0 Å². The third kappa shape index (κ3) is 2.91. The van der Waals surface area contributed by atoms with E-state index in [4.69, 9.17) is 0 Å². The first-order chi connectivity index (χ1) is 8.57. The second-order valence-electron chi connectivity index (χ2n) is 6.97. The quantitative estimate of drug-likeness (QED) is 0.829. The number of rotatable bonds is 4. The first-order valence-corrected chi connectivity index (χ1v) is 7.95. The van der Waals surface area contributed by atoms with Crippen LogP contribution >= 0.6 is 0 Å². The fraction of sp³-hybridized carbons (Fsp3) is 1.00. The van der Waals surface area contributed by atoms with E-state index in [9.17, 15) is 5.11 Å². The molecule has 2 aliphatic carbocycles. The van der Waals surface area contributed by atoms with E-state index in [1.54, 1.807) is 0 Å². The Morgan fingerprint density at radius 3 is 2.56 bits per heavy atom. The smallest absolute Gasteiger partial charge is 0.0555 e. The molecule has 0 aliphatic heterocycles. The Morgan fingerprint density at radius 2 is 1.94 bits per heavy atom. The molecule has 3 atom stereocenters. The molecule has 0 heterocycles. The van der Waals surface area contributed by atoms with E-state index in [1.165, 1.54) is 45.1 Å². The van der Waals surface area contributed by atoms with Crippen LogP contribution in [0.1, 0.15) is 65.2 Å². The molecular weight excluding hydrogens is 222 g/mol. The van der Waals surface area contributed by atoms with Crippen LogP contribution in [0.15, 0.2) is 0 Å². The first kappa shape index (κ1) is 14.3. The summed E-state index contributed by atoms with van der Waals surface area (Å²) in [4.78, 5) is 2.57. The minimum Gasteiger partial charge on any atom is -0.393 e. The van der Waals surface area contributed by atoms with Gasteiger partial charge < -0.3 is 10.0 Å². The van der Waals surface area contributed by atoms with Gasteiger partial charge in [0.05, 0.1) is 6.10 Å². The van der Waals surface area contributed by atoms with Gasteiger partial charge in [-0.05, 0) is 50.5 Å². The molecule has 0 bridgehead atoms. The number of hydrogen-bond acceptors (Lipinski definition) is 2. The van der Waals surface area contributed by atoms with E-state index in [1.807, 2.05) is 0 Å². The van der Waals surface area contributed by atoms with Crippen LogP contribution in [-0.4, -0.2) is 35.7 Å². The molecule has 0 amide bonds. The maximum atomic E-state index is 10.0. The summed E-state index contributed by atoms with van der Waals surface area (Å²) >= 11 is 0. The van der Waals surface area contributed by atoms with Gasteiger partial charge in [-0.3, -0.25) is 0 Å². The molecule has 2 heteroatoms. The van der Waals surface area contributed by atoms with Gasteiger partial charge in [0.25, 0.3) is 0 Å². The Hall–Kier alpha value is -0.0800. The predicted octanol–water partition coefficient (Wildman–Crippen LogP) is 3.44. The second kappa shape index (κ2) is 5.92. The topological polar surface area (TPSA) is 23.5 Å². The van der Waals surface area contributed by atoms with Crippen LogP contribution in [-0.2, 0) is 0 Å². The molecule has 106 valence electrons. The highest BCUT2D eigenvalue weighted by Gasteiger charge is 2.46. The van der Waals surface area contributed by atoms with E-state index >= 15 is 0 Å². The largest absolute Gasteiger partial charge is 0.393 e. The summed E-state index contributed by atoms with van der Waals surface area (Å²) < 4.78 is 0. The fourth-order valence-electron chi connectivity index (χ4n) is 4.30. The molecule has 0 radical (unpaired) electrons. The zero-order valence-corrected chi connectivity index (χ0v) is 12.5. The third-order valence-corrected chi connectivity index (χ3v) is 5.61. The standard InChI is InChI=1S/C16H31NO/c1-4-13(2)12-17(3)15-11-14(18)7-10-16(15)8-5-6-9-16/h13-15,18H,4-12H2,1-3H3. The lowest BCUT2D eigenvalue weighted by atomic mass is 9.67. The lowest BCUT2D eigenvalue weighted by molar-refractivity contribution is -0.0208. The van der Waals surface area contributed by atoms with Gasteiger partial charge in [-0.15, -0.1) is 0 Å². The van der Waals surface area contributed by atoms with Crippen LogP contribution in [0.2, 0.25) is 0 Å². The molecule has 18 heavy (non-hydrogen) atoms. The predicted molar refractivity (Wildman–Crippen MR) is 76.6 cm³/mol. The van der Waals surface area contributed by atoms with Gasteiger partial charge in [-0.1, -0.05) is 33.1 Å². The van der Waals surface area contributed by atoms with Crippen molar-refractivity contribution in [1.82, 2.24) is 4.90 Å². The number of hydrogen-bond donors (Lipinski definition) is 1. The summed E-state index contributed by atoms with van der Waals surface area (Å²) in [6, 6.07) is 0.623. The molecular formula is C16H31NO. The van der Waals surface area contributed by atoms with Crippen molar-refractivity contribution in [3.05, 3.63) is 0 Å². The highest BCUT2D eigenvalue weighted by molar-refractivity contribution is 4.99. The Morgan fingerprint density at radius 1 is 1.28 bits per heavy atom. The van der Waals surface area contributed by atoms with E-state index in [0.29, 0.717) is 11.5 Å². The summed E-state index contributed by atoms with van der Waals surface area (Å²) in [6.07, 6.45) is 10.1. The summed E-state index contributed by atoms with van der Waals surface area (Å²) in [7, 11) is 2.29. The van der Waals surface area contributed by atoms with E-state index < -0.39 is 0 Å². The van der Waals surface area contributed by atoms with Crippen molar-refractivity contribution >= 4 is 0 Å². The van der Waals surface area contributed by atoms with Crippen molar-refractivity contribution in [2.75, 3.05) is 13.6 Å². The molecule has 2 nitrogen and oxygen atoms in total. The molecule has 2 saturated carbocycles. The summed E-state index contributed by atoms with van der Waals surface area (Å²) in [5.41, 5.74) is 0.543. The van der Waals surface area contributed by atoms with Crippen molar-refractivity contribution in [3.8, 4) is 0 Å². The highest BCUT2D eigenvalue weighted by atomic mass is 16.3. The van der Waals surface area contributed by atoms with Gasteiger partial charge in [-0.2, -0.15) is 0 Å². The number of nitrogens with zero attached hydrogens (tertiary/aromatic N) is 1. The van der Waals surface area contributed by atoms with Gasteiger partial charge in [0.1, 0.15) is 0 Å². The molecule has 2 fully saturated rings. The van der Waals surface area contributed by atoms with Crippen molar-refractivity contribution in [1.29, 1.82) is 0 Å². The minimum absolute atomic E-state index is 0.0550. The SMILES string of the molecule is CCC(C)CN(C)C1CC(O)CCC12CCCC2. The van der Waals surface area contributed by atoms with Gasteiger partial charge in [0.15, 0.2) is 0 Å². The molecule has 3 unspecified atom stereocenters.